The molecule has 5 atom stereocenters. The van der Waals surface area contributed by atoms with Crippen molar-refractivity contribution >= 4 is 34.2 Å². The Hall–Kier alpha value is -5.64. The minimum Gasteiger partial charge on any atom is -0.507 e. The number of rotatable bonds is 14. The van der Waals surface area contributed by atoms with Crippen LogP contribution in [0, 0.1) is 12.8 Å². The maximum absolute atomic E-state index is 14.1. The van der Waals surface area contributed by atoms with Crippen molar-refractivity contribution in [3.8, 4) is 33.3 Å². The highest BCUT2D eigenvalue weighted by Gasteiger charge is 2.43. The van der Waals surface area contributed by atoms with Crippen LogP contribution >= 0.6 is 11.3 Å². The number of hydrogen-bond acceptors (Lipinski definition) is 12. The summed E-state index contributed by atoms with van der Waals surface area (Å²) in [4.78, 5) is 38.2. The van der Waals surface area contributed by atoms with E-state index >= 15 is 0 Å². The van der Waals surface area contributed by atoms with E-state index in [0.29, 0.717) is 29.5 Å². The Morgan fingerprint density at radius 2 is 1.92 bits per heavy atom. The molecule has 6 aromatic rings. The number of phenolic OH excluding ortho intramolecular Hbond substituents is 1. The molecule has 308 valence electrons. The van der Waals surface area contributed by atoms with Crippen LogP contribution in [0.3, 0.4) is 0 Å². The Bertz CT molecular complexity index is 2430. The van der Waals surface area contributed by atoms with Gasteiger partial charge in [-0.25, -0.2) is 4.98 Å². The van der Waals surface area contributed by atoms with E-state index in [1.165, 1.54) is 16.2 Å². The van der Waals surface area contributed by atoms with Gasteiger partial charge < -0.3 is 40.0 Å². The third-order valence-corrected chi connectivity index (χ3v) is 12.5. The van der Waals surface area contributed by atoms with Crippen molar-refractivity contribution in [2.45, 2.75) is 89.9 Å². The van der Waals surface area contributed by atoms with E-state index in [2.05, 4.69) is 36.0 Å². The molecule has 0 unspecified atom stereocenters. The number of aromatic nitrogens is 5. The number of nitrogens with zero attached hydrogens (tertiary/aromatic N) is 5. The molecule has 5 N–H and O–H groups in total. The molecule has 2 amide bonds. The van der Waals surface area contributed by atoms with Crippen LogP contribution in [-0.4, -0.2) is 90.1 Å². The van der Waals surface area contributed by atoms with Crippen LogP contribution in [0.2, 0.25) is 0 Å². The number of phenols is 1. The third-order valence-electron chi connectivity index (χ3n) is 11.5. The van der Waals surface area contributed by atoms with Gasteiger partial charge in [0.1, 0.15) is 17.7 Å². The molecule has 0 saturated carbocycles. The van der Waals surface area contributed by atoms with Crippen molar-refractivity contribution in [1.82, 2.24) is 40.9 Å². The number of benzene rings is 2. The van der Waals surface area contributed by atoms with E-state index in [4.69, 9.17) is 9.26 Å². The van der Waals surface area contributed by atoms with Gasteiger partial charge in [0, 0.05) is 41.7 Å². The number of carbonyl (C=O) groups excluding carboxylic acids is 2. The largest absolute Gasteiger partial charge is 0.507 e. The molecule has 1 saturated heterocycles. The first-order chi connectivity index (χ1) is 28.5. The predicted molar refractivity (Wildman–Crippen MR) is 224 cm³/mol. The van der Waals surface area contributed by atoms with Gasteiger partial charge in [-0.15, -0.1) is 21.5 Å². The Morgan fingerprint density at radius 3 is 2.68 bits per heavy atom. The molecule has 0 spiro atoms. The Labute approximate surface area is 346 Å². The molecule has 2 aliphatic rings. The SMILES string of the molecule is Cc1ncsc1-c1ccc([C@H](C)NC(=O)[C@@H]2C[C@@H](O)CN2C(=O)[C@@H](c2cc(OCCCN[C@@H]3CCc4[nH]c5nnc(-c6ccccc6O)cc5c4C3)no2)C(C)C)cc1. The van der Waals surface area contributed by atoms with Gasteiger partial charge in [0.15, 0.2) is 11.4 Å². The Kier molecular flexibility index (Phi) is 11.8. The molecular formula is C44H50N8O6S. The van der Waals surface area contributed by atoms with Crippen LogP contribution in [0.25, 0.3) is 32.7 Å². The van der Waals surface area contributed by atoms with E-state index < -0.39 is 18.1 Å². The second-order valence-corrected chi connectivity index (χ2v) is 16.8. The molecule has 0 radical (unpaired) electrons. The number of aromatic hydroxyl groups is 1. The number of aryl methyl sites for hydroxylation is 2. The lowest BCUT2D eigenvalue weighted by Crippen LogP contribution is -2.48. The molecule has 4 aromatic heterocycles. The number of likely N-dealkylation sites (tertiary alicyclic amines) is 1. The number of nitrogens with one attached hydrogen (secondary N) is 3. The molecule has 1 fully saturated rings. The summed E-state index contributed by atoms with van der Waals surface area (Å²) in [5.74, 6) is -0.683. The topological polar surface area (TPSA) is 192 Å². The Morgan fingerprint density at radius 1 is 1.10 bits per heavy atom. The predicted octanol–water partition coefficient (Wildman–Crippen LogP) is 6.25. The van der Waals surface area contributed by atoms with Crippen molar-refractivity contribution in [2.75, 3.05) is 19.7 Å². The zero-order valence-electron chi connectivity index (χ0n) is 33.6. The van der Waals surface area contributed by atoms with Gasteiger partial charge in [-0.2, -0.15) is 0 Å². The van der Waals surface area contributed by atoms with Gasteiger partial charge in [0.2, 0.25) is 11.8 Å². The number of aliphatic hydroxyl groups is 1. The van der Waals surface area contributed by atoms with Crippen LogP contribution in [0.4, 0.5) is 0 Å². The van der Waals surface area contributed by atoms with E-state index in [1.54, 1.807) is 29.5 Å². The number of fused-ring (bicyclic) bond motifs is 3. The van der Waals surface area contributed by atoms with Gasteiger partial charge in [0.05, 0.1) is 40.5 Å². The van der Waals surface area contributed by atoms with Crippen molar-refractivity contribution in [3.05, 3.63) is 94.4 Å². The summed E-state index contributed by atoms with van der Waals surface area (Å²) in [5, 5.41) is 41.7. The Balaban J connectivity index is 0.834. The zero-order valence-corrected chi connectivity index (χ0v) is 34.5. The number of hydrogen-bond donors (Lipinski definition) is 5. The average Bonchev–Trinajstić information content (AvgIpc) is 4.04. The maximum atomic E-state index is 14.1. The summed E-state index contributed by atoms with van der Waals surface area (Å²) >= 11 is 1.59. The fourth-order valence-electron chi connectivity index (χ4n) is 8.36. The van der Waals surface area contributed by atoms with Gasteiger partial charge in [-0.3, -0.25) is 9.59 Å². The minimum atomic E-state index is -0.826. The van der Waals surface area contributed by atoms with E-state index in [9.17, 15) is 19.8 Å². The summed E-state index contributed by atoms with van der Waals surface area (Å²) < 4.78 is 11.6. The average molecular weight is 819 g/mol. The lowest BCUT2D eigenvalue weighted by molar-refractivity contribution is -0.141. The highest BCUT2D eigenvalue weighted by atomic mass is 32.1. The normalized spacial score (nSPS) is 18.9. The highest BCUT2D eigenvalue weighted by Crippen LogP contribution is 2.35. The van der Waals surface area contributed by atoms with Crippen molar-refractivity contribution < 1.29 is 29.1 Å². The molecule has 1 aliphatic carbocycles. The van der Waals surface area contributed by atoms with Gasteiger partial charge in [-0.1, -0.05) is 50.2 Å². The summed E-state index contributed by atoms with van der Waals surface area (Å²) in [6.45, 7) is 8.92. The molecule has 2 aromatic carbocycles. The molecule has 8 rings (SSSR count). The van der Waals surface area contributed by atoms with Crippen LogP contribution in [0.1, 0.15) is 80.3 Å². The van der Waals surface area contributed by atoms with Crippen molar-refractivity contribution in [2.24, 2.45) is 5.92 Å². The lowest BCUT2D eigenvalue weighted by Gasteiger charge is -2.29. The number of aliphatic hydroxyl groups excluding tert-OH is 1. The van der Waals surface area contributed by atoms with Crippen LogP contribution in [0.5, 0.6) is 11.6 Å². The summed E-state index contributed by atoms with van der Waals surface area (Å²) in [5.41, 5.74) is 9.26. The highest BCUT2D eigenvalue weighted by molar-refractivity contribution is 7.13. The number of β-amino-alcohol motifs (C(OH)–C–C–N with tert-alkyl or cyclic N) is 1. The number of ether oxygens (including phenoxy) is 1. The van der Waals surface area contributed by atoms with E-state index in [1.807, 2.05) is 75.7 Å². The number of para-hydroxylation sites is 1. The molecule has 1 aliphatic heterocycles. The minimum absolute atomic E-state index is 0.0535. The fourth-order valence-corrected chi connectivity index (χ4v) is 9.17. The summed E-state index contributed by atoms with van der Waals surface area (Å²) in [7, 11) is 0. The van der Waals surface area contributed by atoms with Crippen LogP contribution in [0.15, 0.2) is 70.7 Å². The number of thiazole rings is 1. The van der Waals surface area contributed by atoms with Gasteiger partial charge >= 0.3 is 0 Å². The third kappa shape index (κ3) is 8.59. The first-order valence-corrected chi connectivity index (χ1v) is 21.2. The molecule has 0 bridgehead atoms. The number of amides is 2. The summed E-state index contributed by atoms with van der Waals surface area (Å²) in [6.07, 6.45) is 2.78. The van der Waals surface area contributed by atoms with E-state index in [0.717, 1.165) is 65.0 Å². The van der Waals surface area contributed by atoms with Gasteiger partial charge in [-0.05, 0) is 92.0 Å². The first kappa shape index (κ1) is 40.2. The molecule has 15 heteroatoms. The second kappa shape index (κ2) is 17.3. The number of H-pyrrole nitrogens is 1. The molecule has 14 nitrogen and oxygen atoms in total. The molecular weight excluding hydrogens is 769 g/mol. The van der Waals surface area contributed by atoms with Gasteiger partial charge in [0.25, 0.3) is 5.88 Å². The second-order valence-electron chi connectivity index (χ2n) is 16.0. The monoisotopic (exact) mass is 818 g/mol. The first-order valence-electron chi connectivity index (χ1n) is 20.3. The number of aromatic amines is 1. The quantitative estimate of drug-likeness (QED) is 0.0782. The standard InChI is InChI=1S/C44H50N8O6S/c1-24(2)40(44(56)52-22-30(53)19-36(52)43(55)47-25(3)27-10-12-28(13-11-27)41-26(4)46-23-59-41)38-21-39(51-58-38)57-17-7-16-45-29-14-15-34-32(18-29)33-20-35(49-50-42(33)48-34)31-8-5-6-9-37(31)54/h5-6,8-13,20-21,23-25,29-30,36,40,45,53-54H,7,14-19,22H2,1-4H3,(H,47,55)(H,48,50)/t25-,29+,30+,36-,40+/m0/s1. The van der Waals surface area contributed by atoms with Crippen LogP contribution in [-0.2, 0) is 22.4 Å². The fraction of sp³-hybridized carbons (Fsp3) is 0.409. The zero-order chi connectivity index (χ0) is 41.2. The van der Waals surface area contributed by atoms with Crippen molar-refractivity contribution in [3.63, 3.8) is 0 Å². The smallest absolute Gasteiger partial charge is 0.254 e. The molecule has 59 heavy (non-hydrogen) atoms. The summed E-state index contributed by atoms with van der Waals surface area (Å²) in [6, 6.07) is 18.0. The molecule has 5 heterocycles. The van der Waals surface area contributed by atoms with E-state index in [-0.39, 0.29) is 48.5 Å². The van der Waals surface area contributed by atoms with Crippen LogP contribution < -0.4 is 15.4 Å². The van der Waals surface area contributed by atoms with Crippen molar-refractivity contribution in [1.29, 1.82) is 0 Å². The lowest BCUT2D eigenvalue weighted by atomic mass is 9.91. The maximum Gasteiger partial charge on any atom is 0.254 e. The number of carbonyl (C=O) groups is 2.